The van der Waals surface area contributed by atoms with Crippen LogP contribution in [0.4, 0.5) is 13.2 Å². The lowest BCUT2D eigenvalue weighted by molar-refractivity contribution is -0.0522. The second-order valence-corrected chi connectivity index (χ2v) is 8.74. The van der Waals surface area contributed by atoms with Gasteiger partial charge >= 0.3 is 12.6 Å². The van der Waals surface area contributed by atoms with Crippen LogP contribution in [-0.4, -0.2) is 44.1 Å². The molecule has 2 heterocycles. The lowest BCUT2D eigenvalue weighted by Crippen LogP contribution is -2.30. The van der Waals surface area contributed by atoms with E-state index in [0.29, 0.717) is 18.4 Å². The molecule has 0 bridgehead atoms. The fourth-order valence-corrected chi connectivity index (χ4v) is 4.44. The van der Waals surface area contributed by atoms with Crippen LogP contribution in [0.1, 0.15) is 60.5 Å². The van der Waals surface area contributed by atoms with Gasteiger partial charge in [-0.25, -0.2) is 18.7 Å². The predicted molar refractivity (Wildman–Crippen MR) is 129 cm³/mol. The quantitative estimate of drug-likeness (QED) is 0.312. The van der Waals surface area contributed by atoms with Gasteiger partial charge < -0.3 is 20.5 Å². The summed E-state index contributed by atoms with van der Waals surface area (Å²) in [5.74, 6) is -3.84. The van der Waals surface area contributed by atoms with Gasteiger partial charge in [-0.3, -0.25) is 9.59 Å². The summed E-state index contributed by atoms with van der Waals surface area (Å²) >= 11 is 0. The topological polar surface area (TPSA) is 135 Å². The van der Waals surface area contributed by atoms with Gasteiger partial charge in [-0.2, -0.15) is 13.9 Å². The van der Waals surface area contributed by atoms with Gasteiger partial charge in [0.05, 0.1) is 17.8 Å². The number of amides is 2. The minimum atomic E-state index is -3.21. The number of carboxylic acid groups (broad SMARTS) is 1. The average Bonchev–Trinajstić information content (AvgIpc) is 3.54. The zero-order valence-electron chi connectivity index (χ0n) is 20.0. The molecule has 4 aromatic rings. The number of carboxylic acids is 1. The monoisotopic (exact) mass is 539 g/mol. The molecule has 13 heteroatoms. The maximum Gasteiger partial charge on any atom is 0.387 e. The summed E-state index contributed by atoms with van der Waals surface area (Å²) < 4.78 is 44.1. The fraction of sp³-hybridized carbons (Fsp3) is 0.192. The molecular weight excluding hydrogens is 519 g/mol. The molecule has 200 valence electrons. The summed E-state index contributed by atoms with van der Waals surface area (Å²) in [6.07, 6.45) is 2.58. The number of nitrogens with one attached hydrogen (secondary N) is 2. The highest BCUT2D eigenvalue weighted by Crippen LogP contribution is 2.32. The van der Waals surface area contributed by atoms with E-state index in [-0.39, 0.29) is 35.2 Å². The summed E-state index contributed by atoms with van der Waals surface area (Å²) in [6.45, 7) is -3.36. The number of benzene rings is 2. The van der Waals surface area contributed by atoms with Crippen LogP contribution in [0.3, 0.4) is 0 Å². The van der Waals surface area contributed by atoms with E-state index < -0.39 is 36.0 Å². The number of fused-ring (bicyclic) bond motifs is 2. The lowest BCUT2D eigenvalue weighted by Gasteiger charge is -2.15. The molecule has 0 spiro atoms. The molecule has 0 radical (unpaired) electrons. The fourth-order valence-electron chi connectivity index (χ4n) is 4.44. The number of carbonyl (C=O) groups is 3. The second kappa shape index (κ2) is 10.4. The van der Waals surface area contributed by atoms with Crippen molar-refractivity contribution in [3.8, 4) is 5.75 Å². The number of ether oxygens (including phenoxy) is 1. The van der Waals surface area contributed by atoms with Crippen molar-refractivity contribution in [2.24, 2.45) is 0 Å². The smallest absolute Gasteiger partial charge is 0.387 e. The Morgan fingerprint density at radius 2 is 1.92 bits per heavy atom. The molecule has 2 amide bonds. The van der Waals surface area contributed by atoms with E-state index in [0.717, 1.165) is 23.3 Å². The molecule has 10 nitrogen and oxygen atoms in total. The summed E-state index contributed by atoms with van der Waals surface area (Å²) in [7, 11) is 0. The maximum atomic E-state index is 13.7. The Kier molecular flexibility index (Phi) is 6.88. The third-order valence-corrected chi connectivity index (χ3v) is 6.26. The largest absolute Gasteiger partial charge is 0.478 e. The molecule has 1 atom stereocenters. The van der Waals surface area contributed by atoms with Crippen molar-refractivity contribution in [3.05, 3.63) is 94.2 Å². The van der Waals surface area contributed by atoms with E-state index in [1.54, 1.807) is 12.1 Å². The van der Waals surface area contributed by atoms with Gasteiger partial charge in [0.2, 0.25) is 0 Å². The standard InChI is InChI=1S/C26H20F3N5O5/c27-17-5-1-13(9-21(17)39-26(28)29)12-30-23(35)19-11-20(34-22(32-19)7-8-31-34)24(36)33-18-6-3-14-10-15(25(37)38)2-4-16(14)18/h1-2,4-5,7-11,18,26H,3,6,12H2,(H,30,35)(H,33,36)(H,37,38)/t18-/m1/s1. The summed E-state index contributed by atoms with van der Waals surface area (Å²) in [6, 6.07) is 10.5. The summed E-state index contributed by atoms with van der Waals surface area (Å²) in [5.41, 5.74) is 2.29. The highest BCUT2D eigenvalue weighted by atomic mass is 19.3. The molecule has 39 heavy (non-hydrogen) atoms. The van der Waals surface area contributed by atoms with E-state index in [1.165, 1.54) is 35.0 Å². The Balaban J connectivity index is 1.33. The Morgan fingerprint density at radius 3 is 2.69 bits per heavy atom. The van der Waals surface area contributed by atoms with Gasteiger partial charge in [0.25, 0.3) is 11.8 Å². The molecule has 5 rings (SSSR count). The van der Waals surface area contributed by atoms with Crippen LogP contribution in [0.2, 0.25) is 0 Å². The Morgan fingerprint density at radius 1 is 1.10 bits per heavy atom. The molecule has 0 aliphatic heterocycles. The molecule has 2 aromatic heterocycles. The Labute approximate surface area is 218 Å². The molecular formula is C26H20F3N5O5. The van der Waals surface area contributed by atoms with Crippen molar-refractivity contribution >= 4 is 23.4 Å². The van der Waals surface area contributed by atoms with Crippen molar-refractivity contribution in [1.29, 1.82) is 0 Å². The van der Waals surface area contributed by atoms with Gasteiger partial charge in [-0.05, 0) is 53.8 Å². The van der Waals surface area contributed by atoms with Gasteiger partial charge in [0.1, 0.15) is 11.4 Å². The molecule has 1 aliphatic rings. The predicted octanol–water partition coefficient (Wildman–Crippen LogP) is 3.52. The Hall–Kier alpha value is -4.94. The van der Waals surface area contributed by atoms with Crippen molar-refractivity contribution in [3.63, 3.8) is 0 Å². The lowest BCUT2D eigenvalue weighted by atomic mass is 10.0. The minimum absolute atomic E-state index is 0.0418. The highest BCUT2D eigenvalue weighted by molar-refractivity contribution is 5.98. The second-order valence-electron chi connectivity index (χ2n) is 8.74. The van der Waals surface area contributed by atoms with Crippen molar-refractivity contribution in [1.82, 2.24) is 25.2 Å². The van der Waals surface area contributed by atoms with E-state index in [2.05, 4.69) is 25.5 Å². The maximum absolute atomic E-state index is 13.7. The van der Waals surface area contributed by atoms with Gasteiger partial charge in [-0.1, -0.05) is 12.1 Å². The number of aromatic nitrogens is 3. The van der Waals surface area contributed by atoms with Crippen molar-refractivity contribution < 1.29 is 37.4 Å². The van der Waals surface area contributed by atoms with Gasteiger partial charge in [0, 0.05) is 18.7 Å². The van der Waals surface area contributed by atoms with Crippen LogP contribution in [0.25, 0.3) is 5.65 Å². The molecule has 0 unspecified atom stereocenters. The van der Waals surface area contributed by atoms with Gasteiger partial charge in [0.15, 0.2) is 17.2 Å². The molecule has 0 saturated heterocycles. The van der Waals surface area contributed by atoms with E-state index in [9.17, 15) is 32.7 Å². The first-order chi connectivity index (χ1) is 18.7. The van der Waals surface area contributed by atoms with Crippen LogP contribution >= 0.6 is 0 Å². The van der Waals surface area contributed by atoms with Crippen LogP contribution < -0.4 is 15.4 Å². The number of hydrogen-bond donors (Lipinski definition) is 3. The average molecular weight is 539 g/mol. The zero-order valence-corrected chi connectivity index (χ0v) is 20.0. The van der Waals surface area contributed by atoms with E-state index in [1.807, 2.05) is 0 Å². The van der Waals surface area contributed by atoms with E-state index in [4.69, 9.17) is 0 Å². The first-order valence-corrected chi connectivity index (χ1v) is 11.7. The minimum Gasteiger partial charge on any atom is -0.478 e. The normalized spacial score (nSPS) is 14.3. The highest BCUT2D eigenvalue weighted by Gasteiger charge is 2.27. The van der Waals surface area contributed by atoms with Crippen molar-refractivity contribution in [2.45, 2.75) is 32.0 Å². The number of carbonyl (C=O) groups excluding carboxylic acids is 2. The number of nitrogens with zero attached hydrogens (tertiary/aromatic N) is 3. The first kappa shape index (κ1) is 25.7. The molecule has 2 aromatic carbocycles. The third kappa shape index (κ3) is 5.37. The Bertz CT molecular complexity index is 1610. The molecule has 3 N–H and O–H groups in total. The van der Waals surface area contributed by atoms with Crippen LogP contribution in [-0.2, 0) is 13.0 Å². The summed E-state index contributed by atoms with van der Waals surface area (Å²) in [4.78, 5) is 41.6. The van der Waals surface area contributed by atoms with Crippen LogP contribution in [0.15, 0.2) is 54.7 Å². The zero-order chi connectivity index (χ0) is 27.7. The third-order valence-electron chi connectivity index (χ3n) is 6.26. The molecule has 0 saturated carbocycles. The first-order valence-electron chi connectivity index (χ1n) is 11.7. The van der Waals surface area contributed by atoms with E-state index >= 15 is 0 Å². The number of rotatable bonds is 8. The number of aryl methyl sites for hydroxylation is 1. The van der Waals surface area contributed by atoms with Gasteiger partial charge in [-0.15, -0.1) is 0 Å². The number of alkyl halides is 2. The van der Waals surface area contributed by atoms with Crippen LogP contribution in [0.5, 0.6) is 5.75 Å². The summed E-state index contributed by atoms with van der Waals surface area (Å²) in [5, 5.41) is 18.8. The molecule has 0 fully saturated rings. The molecule has 1 aliphatic carbocycles. The SMILES string of the molecule is O=C(O)c1ccc2c(c1)CC[C@H]2NC(=O)c1cc(C(=O)NCc2ccc(F)c(OC(F)F)c2)nc2ccnn12. The number of halogens is 3. The number of hydrogen-bond acceptors (Lipinski definition) is 6. The van der Waals surface area contributed by atoms with Crippen LogP contribution in [0, 0.1) is 5.82 Å². The number of aromatic carboxylic acids is 1. The van der Waals surface area contributed by atoms with Crippen molar-refractivity contribution in [2.75, 3.05) is 0 Å².